The molecule has 5 heteroatoms. The number of benzene rings is 2. The number of hydrogen-bond acceptors (Lipinski definition) is 4. The van der Waals surface area contributed by atoms with Gasteiger partial charge < -0.3 is 15.0 Å². The molecule has 1 aromatic heterocycles. The number of carbonyl (C=O) groups is 1. The lowest BCUT2D eigenvalue weighted by Crippen LogP contribution is -2.17. The molecule has 27 heavy (non-hydrogen) atoms. The largest absolute Gasteiger partial charge is 0.462 e. The second-order valence-corrected chi connectivity index (χ2v) is 6.74. The normalized spacial score (nSPS) is 11.9. The number of aromatic nitrogens is 1. The van der Waals surface area contributed by atoms with Crippen molar-refractivity contribution in [3.8, 4) is 6.07 Å². The molecule has 3 rings (SSSR count). The van der Waals surface area contributed by atoms with Crippen LogP contribution in [0.15, 0.2) is 54.7 Å². The van der Waals surface area contributed by atoms with E-state index in [2.05, 4.69) is 12.1 Å². The van der Waals surface area contributed by atoms with Gasteiger partial charge in [-0.1, -0.05) is 18.2 Å². The van der Waals surface area contributed by atoms with Crippen LogP contribution in [0.2, 0.25) is 0 Å². The van der Waals surface area contributed by atoms with E-state index in [-0.39, 0.29) is 12.0 Å². The molecule has 0 saturated carbocycles. The van der Waals surface area contributed by atoms with Crippen LogP contribution in [-0.2, 0) is 17.7 Å². The molecule has 138 valence electrons. The maximum atomic E-state index is 12.0. The molecular weight excluding hydrogens is 338 g/mol. The lowest BCUT2D eigenvalue weighted by Gasteiger charge is -2.10. The number of nitriles is 1. The minimum atomic E-state index is -0.314. The molecule has 5 nitrogen and oxygen atoms in total. The van der Waals surface area contributed by atoms with Crippen LogP contribution in [0.3, 0.4) is 0 Å². The van der Waals surface area contributed by atoms with Gasteiger partial charge in [-0.2, -0.15) is 5.26 Å². The summed E-state index contributed by atoms with van der Waals surface area (Å²) in [6.45, 7) is 2.96. The molecule has 2 N–H and O–H groups in total. The summed E-state index contributed by atoms with van der Waals surface area (Å²) >= 11 is 0. The Labute approximate surface area is 159 Å². The molecule has 0 fully saturated rings. The first-order valence-electron chi connectivity index (χ1n) is 9.08. The van der Waals surface area contributed by atoms with E-state index in [1.807, 2.05) is 48.0 Å². The predicted octanol–water partition coefficient (Wildman–Crippen LogP) is 3.65. The molecule has 0 aliphatic rings. The number of esters is 1. The Morgan fingerprint density at radius 1 is 1.26 bits per heavy atom. The highest BCUT2D eigenvalue weighted by Gasteiger charge is 2.11. The van der Waals surface area contributed by atoms with E-state index in [0.717, 1.165) is 22.9 Å². The summed E-state index contributed by atoms with van der Waals surface area (Å²) in [5, 5.41) is 10.6. The molecule has 0 bridgehead atoms. The topological polar surface area (TPSA) is 81.0 Å². The molecule has 0 amide bonds. The Hall–Kier alpha value is -3.10. The molecule has 3 aromatic rings. The maximum absolute atomic E-state index is 12.0. The first-order valence-corrected chi connectivity index (χ1v) is 9.08. The Morgan fingerprint density at radius 3 is 2.74 bits per heavy atom. The lowest BCUT2D eigenvalue weighted by atomic mass is 10.0. The van der Waals surface area contributed by atoms with Crippen molar-refractivity contribution >= 4 is 16.9 Å². The fourth-order valence-electron chi connectivity index (χ4n) is 3.23. The monoisotopic (exact) mass is 361 g/mol. The van der Waals surface area contributed by atoms with Gasteiger partial charge in [0.2, 0.25) is 0 Å². The molecule has 0 saturated heterocycles. The van der Waals surface area contributed by atoms with Gasteiger partial charge in [-0.15, -0.1) is 0 Å². The Morgan fingerprint density at radius 2 is 2.04 bits per heavy atom. The molecule has 0 radical (unpaired) electrons. The molecule has 0 aliphatic heterocycles. The summed E-state index contributed by atoms with van der Waals surface area (Å²) in [4.78, 5) is 12.0. The van der Waals surface area contributed by atoms with Gasteiger partial charge >= 0.3 is 5.97 Å². The predicted molar refractivity (Wildman–Crippen MR) is 105 cm³/mol. The second kappa shape index (κ2) is 8.52. The number of ether oxygens (including phenoxy) is 1. The highest BCUT2D eigenvalue weighted by molar-refractivity contribution is 5.89. The van der Waals surface area contributed by atoms with E-state index in [4.69, 9.17) is 10.5 Å². The zero-order valence-corrected chi connectivity index (χ0v) is 15.4. The Kier molecular flexibility index (Phi) is 5.90. The fourth-order valence-corrected chi connectivity index (χ4v) is 3.23. The van der Waals surface area contributed by atoms with Crippen LogP contribution < -0.4 is 5.73 Å². The van der Waals surface area contributed by atoms with Gasteiger partial charge in [0.05, 0.1) is 23.3 Å². The summed E-state index contributed by atoms with van der Waals surface area (Å²) < 4.78 is 7.37. The van der Waals surface area contributed by atoms with Crippen LogP contribution in [0, 0.1) is 11.3 Å². The quantitative estimate of drug-likeness (QED) is 0.514. The van der Waals surface area contributed by atoms with Gasteiger partial charge in [-0.25, -0.2) is 4.79 Å². The zero-order valence-electron chi connectivity index (χ0n) is 15.4. The number of nitrogens with two attached hydrogens (primary N) is 1. The smallest absolute Gasteiger partial charge is 0.338 e. The standard InChI is InChI=1S/C22H23N3O2/c1-16(24)12-17-13-19-8-10-25(21(19)20(14-17)15-23)9-5-11-27-22(26)18-6-3-2-4-7-18/h2-4,6-8,10,13-14,16H,5,9,11-12,24H2,1H3/t16-/m0/s1. The number of carbonyl (C=O) groups excluding carboxylic acids is 1. The van der Waals surface area contributed by atoms with Crippen LogP contribution in [0.25, 0.3) is 10.9 Å². The Bertz CT molecular complexity index is 968. The summed E-state index contributed by atoms with van der Waals surface area (Å²) in [7, 11) is 0. The van der Waals surface area contributed by atoms with Crippen LogP contribution in [-0.4, -0.2) is 23.2 Å². The number of hydrogen-bond donors (Lipinski definition) is 1. The summed E-state index contributed by atoms with van der Waals surface area (Å²) in [5.74, 6) is -0.314. The average Bonchev–Trinajstić information content (AvgIpc) is 3.07. The second-order valence-electron chi connectivity index (χ2n) is 6.74. The van der Waals surface area contributed by atoms with Gasteiger partial charge in [-0.05, 0) is 55.7 Å². The molecule has 1 heterocycles. The third-order valence-corrected chi connectivity index (χ3v) is 4.38. The van der Waals surface area contributed by atoms with Gasteiger partial charge in [0.15, 0.2) is 0 Å². The van der Waals surface area contributed by atoms with E-state index in [9.17, 15) is 10.1 Å². The average molecular weight is 361 g/mol. The maximum Gasteiger partial charge on any atom is 0.338 e. The first-order chi connectivity index (χ1) is 13.1. The van der Waals surface area contributed by atoms with Crippen molar-refractivity contribution in [2.75, 3.05) is 6.61 Å². The number of nitrogens with zero attached hydrogens (tertiary/aromatic N) is 2. The first kappa shape index (κ1) is 18.7. The van der Waals surface area contributed by atoms with E-state index >= 15 is 0 Å². The third kappa shape index (κ3) is 4.55. The molecule has 0 aliphatic carbocycles. The van der Waals surface area contributed by atoms with Gasteiger partial charge in [0.1, 0.15) is 6.07 Å². The van der Waals surface area contributed by atoms with Crippen molar-refractivity contribution in [2.24, 2.45) is 5.73 Å². The van der Waals surface area contributed by atoms with Crippen molar-refractivity contribution in [1.82, 2.24) is 4.57 Å². The number of fused-ring (bicyclic) bond motifs is 1. The molecule has 2 aromatic carbocycles. The highest BCUT2D eigenvalue weighted by Crippen LogP contribution is 2.23. The Balaban J connectivity index is 1.65. The third-order valence-electron chi connectivity index (χ3n) is 4.38. The van der Waals surface area contributed by atoms with Gasteiger partial charge in [0, 0.05) is 24.2 Å². The van der Waals surface area contributed by atoms with Crippen molar-refractivity contribution in [1.29, 1.82) is 5.26 Å². The highest BCUT2D eigenvalue weighted by atomic mass is 16.5. The number of aryl methyl sites for hydroxylation is 1. The van der Waals surface area contributed by atoms with E-state index in [1.165, 1.54) is 0 Å². The van der Waals surface area contributed by atoms with E-state index in [1.54, 1.807) is 12.1 Å². The summed E-state index contributed by atoms with van der Waals surface area (Å²) in [6, 6.07) is 17.3. The SMILES string of the molecule is C[C@H](N)Cc1cc(C#N)c2c(ccn2CCCOC(=O)c2ccccc2)c1. The summed E-state index contributed by atoms with van der Waals surface area (Å²) in [6.07, 6.45) is 3.39. The minimum absolute atomic E-state index is 0.0513. The molecule has 0 unspecified atom stereocenters. The van der Waals surface area contributed by atoms with Crippen LogP contribution in [0.4, 0.5) is 0 Å². The molecule has 0 spiro atoms. The van der Waals surface area contributed by atoms with Gasteiger partial charge in [0.25, 0.3) is 0 Å². The molecular formula is C22H23N3O2. The fraction of sp³-hybridized carbons (Fsp3) is 0.273. The number of rotatable bonds is 7. The van der Waals surface area contributed by atoms with E-state index < -0.39 is 0 Å². The van der Waals surface area contributed by atoms with Crippen molar-refractivity contribution in [2.45, 2.75) is 32.4 Å². The van der Waals surface area contributed by atoms with Crippen LogP contribution in [0.5, 0.6) is 0 Å². The van der Waals surface area contributed by atoms with Crippen LogP contribution in [0.1, 0.15) is 34.8 Å². The van der Waals surface area contributed by atoms with E-state index in [0.29, 0.717) is 30.7 Å². The van der Waals surface area contributed by atoms with Crippen molar-refractivity contribution in [3.63, 3.8) is 0 Å². The summed E-state index contributed by atoms with van der Waals surface area (Å²) in [5.41, 5.74) is 9.07. The van der Waals surface area contributed by atoms with Crippen molar-refractivity contribution < 1.29 is 9.53 Å². The lowest BCUT2D eigenvalue weighted by molar-refractivity contribution is 0.0496. The molecule has 1 atom stereocenters. The minimum Gasteiger partial charge on any atom is -0.462 e. The zero-order chi connectivity index (χ0) is 19.2. The van der Waals surface area contributed by atoms with Crippen LogP contribution >= 0.6 is 0 Å². The van der Waals surface area contributed by atoms with Gasteiger partial charge in [-0.3, -0.25) is 0 Å². The van der Waals surface area contributed by atoms with Crippen molar-refractivity contribution in [3.05, 3.63) is 71.4 Å².